The zero-order valence-corrected chi connectivity index (χ0v) is 30.0. The average molecular weight is 746 g/mol. The van der Waals surface area contributed by atoms with Crippen molar-refractivity contribution in [2.75, 3.05) is 32.1 Å². The predicted octanol–water partition coefficient (Wildman–Crippen LogP) is 4.59. The van der Waals surface area contributed by atoms with Crippen LogP contribution in [0.25, 0.3) is 11.1 Å². The third kappa shape index (κ3) is 9.27. The van der Waals surface area contributed by atoms with Crippen LogP contribution in [-0.4, -0.2) is 91.6 Å². The molecule has 3 aromatic rings. The Morgan fingerprint density at radius 1 is 0.944 bits per heavy atom. The van der Waals surface area contributed by atoms with Crippen LogP contribution in [0.15, 0.2) is 66.7 Å². The Hall–Kier alpha value is -5.67. The van der Waals surface area contributed by atoms with Crippen molar-refractivity contribution in [1.29, 1.82) is 0 Å². The van der Waals surface area contributed by atoms with Gasteiger partial charge in [-0.05, 0) is 52.8 Å². The fourth-order valence-electron chi connectivity index (χ4n) is 6.87. The van der Waals surface area contributed by atoms with E-state index in [1.54, 1.807) is 12.1 Å². The highest BCUT2D eigenvalue weighted by Crippen LogP contribution is 2.44. The first-order valence-electron chi connectivity index (χ1n) is 17.8. The van der Waals surface area contributed by atoms with Gasteiger partial charge in [-0.1, -0.05) is 54.6 Å². The molecule has 3 aliphatic rings. The number of hydrogen-bond acceptors (Lipinski definition) is 12. The van der Waals surface area contributed by atoms with Gasteiger partial charge in [0.2, 0.25) is 12.2 Å². The van der Waals surface area contributed by atoms with Crippen LogP contribution < -0.4 is 15.4 Å². The van der Waals surface area contributed by atoms with Gasteiger partial charge in [-0.15, -0.1) is 0 Å². The number of benzene rings is 3. The van der Waals surface area contributed by atoms with E-state index in [9.17, 15) is 29.1 Å². The summed E-state index contributed by atoms with van der Waals surface area (Å²) < 4.78 is 33.1. The van der Waals surface area contributed by atoms with Crippen LogP contribution in [-0.2, 0) is 44.7 Å². The minimum Gasteiger partial charge on any atom is -0.467 e. The van der Waals surface area contributed by atoms with Gasteiger partial charge >= 0.3 is 24.1 Å². The van der Waals surface area contributed by atoms with E-state index in [0.29, 0.717) is 24.9 Å². The third-order valence-electron chi connectivity index (χ3n) is 9.40. The maximum Gasteiger partial charge on any atom is 0.412 e. The van der Waals surface area contributed by atoms with E-state index in [1.165, 1.54) is 25.0 Å². The Balaban J connectivity index is 1.08. The molecule has 2 heterocycles. The number of likely N-dealkylation sites (tertiary alicyclic amines) is 1. The normalized spacial score (nSPS) is 20.2. The Bertz CT molecular complexity index is 1820. The predicted molar refractivity (Wildman–Crippen MR) is 191 cm³/mol. The number of nitrogens with one attached hydrogen (secondary N) is 2. The maximum atomic E-state index is 13.2. The van der Waals surface area contributed by atoms with Gasteiger partial charge in [-0.2, -0.15) is 0 Å². The van der Waals surface area contributed by atoms with Crippen LogP contribution in [0.5, 0.6) is 5.75 Å². The number of carbonyl (C=O) groups excluding carboxylic acids is 5. The lowest BCUT2D eigenvalue weighted by Crippen LogP contribution is -2.44. The molecule has 15 heteroatoms. The number of rotatable bonds is 12. The zero-order valence-electron chi connectivity index (χ0n) is 30.0. The summed E-state index contributed by atoms with van der Waals surface area (Å²) >= 11 is 0. The van der Waals surface area contributed by atoms with Crippen molar-refractivity contribution in [3.63, 3.8) is 0 Å². The van der Waals surface area contributed by atoms with Crippen LogP contribution in [0.3, 0.4) is 0 Å². The first kappa shape index (κ1) is 38.1. The van der Waals surface area contributed by atoms with Gasteiger partial charge < -0.3 is 44.2 Å². The quantitative estimate of drug-likeness (QED) is 0.173. The molecule has 3 amide bonds. The summed E-state index contributed by atoms with van der Waals surface area (Å²) in [6, 6.07) is 20.7. The van der Waals surface area contributed by atoms with Crippen LogP contribution in [0.1, 0.15) is 61.6 Å². The monoisotopic (exact) mass is 745 g/mol. The molecule has 2 fully saturated rings. The molecule has 1 aliphatic carbocycles. The second-order valence-electron chi connectivity index (χ2n) is 13.1. The molecule has 3 N–H and O–H groups in total. The molecule has 2 unspecified atom stereocenters. The van der Waals surface area contributed by atoms with Crippen molar-refractivity contribution in [1.82, 2.24) is 10.2 Å². The lowest BCUT2D eigenvalue weighted by molar-refractivity contribution is -0.204. The number of fused-ring (bicyclic) bond motifs is 3. The van der Waals surface area contributed by atoms with Crippen LogP contribution >= 0.6 is 0 Å². The molecule has 3 aromatic carbocycles. The molecule has 0 spiro atoms. The number of anilines is 1. The summed E-state index contributed by atoms with van der Waals surface area (Å²) in [6.07, 6.45) is -3.95. The summed E-state index contributed by atoms with van der Waals surface area (Å²) in [5.74, 6) is -1.66. The van der Waals surface area contributed by atoms with E-state index < -0.39 is 54.8 Å². The molecule has 0 bridgehead atoms. The SMILES string of the molecule is COC(=O)[C@@H]1C[C@H](OC(C)=O)CC(Oc2ccc(COC(=O)N3CCCC3O)cc2NC(=O)CCNC(=O)OCC2c3ccccc3-c3ccccc32)O1. The average Bonchev–Trinajstić information content (AvgIpc) is 3.74. The molecule has 54 heavy (non-hydrogen) atoms. The van der Waals surface area contributed by atoms with Gasteiger partial charge in [0.25, 0.3) is 0 Å². The smallest absolute Gasteiger partial charge is 0.412 e. The van der Waals surface area contributed by atoms with E-state index >= 15 is 0 Å². The fourth-order valence-corrected chi connectivity index (χ4v) is 6.87. The molecule has 15 nitrogen and oxygen atoms in total. The standard InChI is InChI=1S/C39H43N3O12/c1-23(43)52-25-19-33(37(46)49-2)54-36(20-25)53-32-14-13-24(21-51-39(48)42-17-7-12-35(42)45)18-31(32)41-34(44)15-16-40-38(47)50-22-30-28-10-5-3-8-26(28)27-9-4-6-11-29(27)30/h3-6,8-11,13-14,18,25,30,33,35-36,45H,7,12,15-17,19-22H2,1-2H3,(H,40,47)(H,41,44)/t25-,33-,35?,36?/m0/s1. The van der Waals surface area contributed by atoms with Crippen molar-refractivity contribution in [3.05, 3.63) is 83.4 Å². The van der Waals surface area contributed by atoms with Crippen molar-refractivity contribution in [3.8, 4) is 16.9 Å². The second kappa shape index (κ2) is 17.4. The number of methoxy groups -OCH3 is 1. The summed E-state index contributed by atoms with van der Waals surface area (Å²) in [6.45, 7) is 1.54. The Morgan fingerprint density at radius 2 is 1.67 bits per heavy atom. The largest absolute Gasteiger partial charge is 0.467 e. The molecule has 0 radical (unpaired) electrons. The summed E-state index contributed by atoms with van der Waals surface area (Å²) in [4.78, 5) is 63.7. The van der Waals surface area contributed by atoms with Crippen molar-refractivity contribution in [2.24, 2.45) is 0 Å². The van der Waals surface area contributed by atoms with Gasteiger partial charge in [-0.25, -0.2) is 14.4 Å². The summed E-state index contributed by atoms with van der Waals surface area (Å²) in [5.41, 5.74) is 5.05. The van der Waals surface area contributed by atoms with Gasteiger partial charge in [0.1, 0.15) is 31.3 Å². The number of amides is 3. The first-order chi connectivity index (χ1) is 26.1. The van der Waals surface area contributed by atoms with Gasteiger partial charge in [0.15, 0.2) is 6.10 Å². The maximum absolute atomic E-state index is 13.2. The number of ether oxygens (including phenoxy) is 6. The van der Waals surface area contributed by atoms with E-state index in [1.807, 2.05) is 48.5 Å². The molecular formula is C39H43N3O12. The van der Waals surface area contributed by atoms with Crippen LogP contribution in [0, 0.1) is 0 Å². The molecular weight excluding hydrogens is 702 g/mol. The minimum atomic E-state index is -1.07. The molecule has 0 aromatic heterocycles. The lowest BCUT2D eigenvalue weighted by atomic mass is 9.98. The molecule has 0 saturated carbocycles. The number of esters is 2. The van der Waals surface area contributed by atoms with Crippen molar-refractivity contribution in [2.45, 2.75) is 76.3 Å². The summed E-state index contributed by atoms with van der Waals surface area (Å²) in [5, 5.41) is 15.4. The van der Waals surface area contributed by atoms with E-state index in [0.717, 1.165) is 22.3 Å². The summed E-state index contributed by atoms with van der Waals surface area (Å²) in [7, 11) is 1.21. The Morgan fingerprint density at radius 3 is 2.33 bits per heavy atom. The molecule has 2 saturated heterocycles. The lowest BCUT2D eigenvalue weighted by Gasteiger charge is -2.33. The number of hydrogen-bond donors (Lipinski definition) is 3. The molecule has 6 rings (SSSR count). The highest BCUT2D eigenvalue weighted by Gasteiger charge is 2.38. The molecule has 4 atom stereocenters. The molecule has 286 valence electrons. The number of carbonyl (C=O) groups is 5. The van der Waals surface area contributed by atoms with Crippen molar-refractivity contribution < 1.29 is 57.5 Å². The topological polar surface area (TPSA) is 188 Å². The highest BCUT2D eigenvalue weighted by atomic mass is 16.7. The second-order valence-corrected chi connectivity index (χ2v) is 13.1. The number of nitrogens with zero attached hydrogens (tertiary/aromatic N) is 1. The third-order valence-corrected chi connectivity index (χ3v) is 9.40. The Labute approximate surface area is 311 Å². The van der Waals surface area contributed by atoms with E-state index in [4.69, 9.17) is 28.4 Å². The van der Waals surface area contributed by atoms with Crippen LogP contribution in [0.4, 0.5) is 15.3 Å². The van der Waals surface area contributed by atoms with Crippen LogP contribution in [0.2, 0.25) is 0 Å². The zero-order chi connectivity index (χ0) is 38.2. The number of alkyl carbamates (subject to hydrolysis) is 1. The van der Waals surface area contributed by atoms with Crippen molar-refractivity contribution >= 4 is 35.7 Å². The molecule has 2 aliphatic heterocycles. The van der Waals surface area contributed by atoms with Gasteiger partial charge in [0.05, 0.1) is 12.8 Å². The highest BCUT2D eigenvalue weighted by molar-refractivity contribution is 5.92. The van der Waals surface area contributed by atoms with E-state index in [2.05, 4.69) is 10.6 Å². The van der Waals surface area contributed by atoms with Gasteiger partial charge in [-0.3, -0.25) is 14.5 Å². The fraction of sp³-hybridized carbons (Fsp3) is 0.410. The number of aliphatic hydroxyl groups is 1. The first-order valence-corrected chi connectivity index (χ1v) is 17.8. The van der Waals surface area contributed by atoms with E-state index in [-0.39, 0.29) is 56.4 Å². The number of aliphatic hydroxyl groups excluding tert-OH is 1. The minimum absolute atomic E-state index is 0.0369. The van der Waals surface area contributed by atoms with Gasteiger partial charge in [0, 0.05) is 45.2 Å². The Kier molecular flexibility index (Phi) is 12.3.